The van der Waals surface area contributed by atoms with Crippen molar-refractivity contribution in [3.05, 3.63) is 140 Å². The van der Waals surface area contributed by atoms with Crippen LogP contribution in [0.1, 0.15) is 0 Å². The van der Waals surface area contributed by atoms with Crippen LogP contribution in [-0.2, 0) is 0 Å². The van der Waals surface area contributed by atoms with E-state index in [4.69, 9.17) is 19.4 Å². The lowest BCUT2D eigenvalue weighted by molar-refractivity contribution is 0.672. The molecular formula is C39H23N3O. The van der Waals surface area contributed by atoms with Crippen molar-refractivity contribution in [1.82, 2.24) is 15.0 Å². The highest BCUT2D eigenvalue weighted by molar-refractivity contribution is 6.17. The number of benzene rings is 7. The van der Waals surface area contributed by atoms with Gasteiger partial charge in [0.25, 0.3) is 0 Å². The second kappa shape index (κ2) is 9.33. The minimum atomic E-state index is 0.627. The van der Waals surface area contributed by atoms with Crippen molar-refractivity contribution in [3.8, 4) is 34.2 Å². The number of para-hydroxylation sites is 1. The molecule has 0 saturated carbocycles. The first-order chi connectivity index (χ1) is 21.3. The van der Waals surface area contributed by atoms with Gasteiger partial charge in [0.1, 0.15) is 11.2 Å². The Morgan fingerprint density at radius 2 is 0.907 bits per heavy atom. The Kier molecular flexibility index (Phi) is 5.16. The molecule has 7 aromatic carbocycles. The maximum Gasteiger partial charge on any atom is 0.164 e. The van der Waals surface area contributed by atoms with E-state index in [-0.39, 0.29) is 0 Å². The van der Waals surface area contributed by atoms with E-state index in [2.05, 4.69) is 121 Å². The quantitative estimate of drug-likeness (QED) is 0.220. The molecule has 200 valence electrons. The van der Waals surface area contributed by atoms with Crippen molar-refractivity contribution in [2.24, 2.45) is 0 Å². The highest BCUT2D eigenvalue weighted by atomic mass is 16.3. The Morgan fingerprint density at radius 1 is 0.372 bits per heavy atom. The van der Waals surface area contributed by atoms with Gasteiger partial charge in [0.2, 0.25) is 0 Å². The molecule has 9 rings (SSSR count). The van der Waals surface area contributed by atoms with Gasteiger partial charge in [0, 0.05) is 32.8 Å². The molecule has 0 unspecified atom stereocenters. The molecule has 9 aromatic rings. The molecule has 2 heterocycles. The number of nitrogens with zero attached hydrogens (tertiary/aromatic N) is 3. The molecule has 4 nitrogen and oxygen atoms in total. The molecule has 0 spiro atoms. The maximum atomic E-state index is 6.37. The first kappa shape index (κ1) is 23.8. The molecule has 0 aliphatic carbocycles. The van der Waals surface area contributed by atoms with E-state index >= 15 is 0 Å². The molecule has 43 heavy (non-hydrogen) atoms. The smallest absolute Gasteiger partial charge is 0.164 e. The molecule has 0 N–H and O–H groups in total. The van der Waals surface area contributed by atoms with Crippen LogP contribution < -0.4 is 0 Å². The van der Waals surface area contributed by atoms with Crippen molar-refractivity contribution in [3.63, 3.8) is 0 Å². The summed E-state index contributed by atoms with van der Waals surface area (Å²) in [6, 6.07) is 48.2. The summed E-state index contributed by atoms with van der Waals surface area (Å²) in [5.74, 6) is 1.91. The van der Waals surface area contributed by atoms with E-state index in [1.54, 1.807) is 0 Å². The molecular weight excluding hydrogens is 526 g/mol. The molecule has 0 bridgehead atoms. The van der Waals surface area contributed by atoms with Crippen LogP contribution in [0, 0.1) is 0 Å². The van der Waals surface area contributed by atoms with E-state index in [9.17, 15) is 0 Å². The monoisotopic (exact) mass is 549 g/mol. The highest BCUT2D eigenvalue weighted by Gasteiger charge is 2.17. The summed E-state index contributed by atoms with van der Waals surface area (Å²) in [5, 5.41) is 8.93. The normalized spacial score (nSPS) is 11.7. The van der Waals surface area contributed by atoms with Gasteiger partial charge in [-0.25, -0.2) is 15.0 Å². The van der Waals surface area contributed by atoms with Crippen LogP contribution in [0.15, 0.2) is 144 Å². The van der Waals surface area contributed by atoms with Crippen LogP contribution in [-0.4, -0.2) is 15.0 Å². The van der Waals surface area contributed by atoms with Crippen LogP contribution in [0.4, 0.5) is 0 Å². The van der Waals surface area contributed by atoms with Gasteiger partial charge in [0.15, 0.2) is 17.5 Å². The topological polar surface area (TPSA) is 51.8 Å². The summed E-state index contributed by atoms with van der Waals surface area (Å²) >= 11 is 0. The zero-order valence-corrected chi connectivity index (χ0v) is 23.0. The third kappa shape index (κ3) is 3.88. The second-order valence-electron chi connectivity index (χ2n) is 10.9. The fraction of sp³-hybridized carbons (Fsp3) is 0. The zero-order chi connectivity index (χ0) is 28.3. The van der Waals surface area contributed by atoms with Crippen LogP contribution >= 0.6 is 0 Å². The Balaban J connectivity index is 1.30. The summed E-state index contributed by atoms with van der Waals surface area (Å²) in [4.78, 5) is 15.2. The summed E-state index contributed by atoms with van der Waals surface area (Å²) in [6.07, 6.45) is 0. The fourth-order valence-electron chi connectivity index (χ4n) is 6.15. The zero-order valence-electron chi connectivity index (χ0n) is 23.0. The third-order valence-corrected chi connectivity index (χ3v) is 8.29. The van der Waals surface area contributed by atoms with Gasteiger partial charge in [-0.15, -0.1) is 0 Å². The van der Waals surface area contributed by atoms with Gasteiger partial charge in [-0.05, 0) is 51.2 Å². The number of hydrogen-bond donors (Lipinski definition) is 0. The lowest BCUT2D eigenvalue weighted by atomic mass is 10.0. The van der Waals surface area contributed by atoms with Gasteiger partial charge in [-0.2, -0.15) is 0 Å². The minimum Gasteiger partial charge on any atom is -0.455 e. The van der Waals surface area contributed by atoms with E-state index in [0.29, 0.717) is 17.5 Å². The van der Waals surface area contributed by atoms with Gasteiger partial charge in [0.05, 0.1) is 0 Å². The first-order valence-electron chi connectivity index (χ1n) is 14.4. The van der Waals surface area contributed by atoms with Gasteiger partial charge in [-0.1, -0.05) is 115 Å². The Morgan fingerprint density at radius 3 is 1.60 bits per heavy atom. The van der Waals surface area contributed by atoms with E-state index < -0.39 is 0 Å². The number of furan rings is 1. The van der Waals surface area contributed by atoms with Crippen LogP contribution in [0.2, 0.25) is 0 Å². The van der Waals surface area contributed by atoms with Gasteiger partial charge in [-0.3, -0.25) is 0 Å². The van der Waals surface area contributed by atoms with Gasteiger partial charge < -0.3 is 4.42 Å². The second-order valence-corrected chi connectivity index (χ2v) is 10.9. The predicted octanol–water partition coefficient (Wildman–Crippen LogP) is 10.2. The Bertz CT molecular complexity index is 2430. The lowest BCUT2D eigenvalue weighted by Gasteiger charge is -2.11. The van der Waals surface area contributed by atoms with Crippen LogP contribution in [0.5, 0.6) is 0 Å². The SMILES string of the molecule is c1ccc2cc(-c3nc(-c4ccc5ccccc5c4)nc(-c4cccc5c4ccc4c6ccccc6oc54)n3)ccc2c1. The molecule has 0 aliphatic heterocycles. The standard InChI is InChI=1S/C39H23N3O/c1-3-10-26-22-28(18-16-24(26)8-1)37-40-38(29-19-17-25-9-2-4-11-27(25)23-29)42-39(41-37)34-14-7-13-32-30(34)20-21-33-31-12-5-6-15-35(31)43-36(32)33/h1-23H. The van der Waals surface area contributed by atoms with Crippen molar-refractivity contribution in [1.29, 1.82) is 0 Å². The molecule has 0 amide bonds. The van der Waals surface area contributed by atoms with Crippen molar-refractivity contribution in [2.75, 3.05) is 0 Å². The summed E-state index contributed by atoms with van der Waals surface area (Å²) < 4.78 is 6.37. The van der Waals surface area contributed by atoms with Crippen molar-refractivity contribution < 1.29 is 4.42 Å². The van der Waals surface area contributed by atoms with Crippen LogP contribution in [0.3, 0.4) is 0 Å². The molecule has 4 heteroatoms. The molecule has 2 aromatic heterocycles. The summed E-state index contributed by atoms with van der Waals surface area (Å²) in [7, 11) is 0. The van der Waals surface area contributed by atoms with E-state index in [0.717, 1.165) is 60.2 Å². The number of fused-ring (bicyclic) bond motifs is 7. The predicted molar refractivity (Wildman–Crippen MR) is 176 cm³/mol. The maximum absolute atomic E-state index is 6.37. The molecule has 0 aliphatic rings. The lowest BCUT2D eigenvalue weighted by Crippen LogP contribution is -2.00. The molecule has 0 fully saturated rings. The number of hydrogen-bond acceptors (Lipinski definition) is 4. The molecule has 0 radical (unpaired) electrons. The largest absolute Gasteiger partial charge is 0.455 e. The molecule has 0 atom stereocenters. The first-order valence-corrected chi connectivity index (χ1v) is 14.4. The Labute approximate surface area is 246 Å². The minimum absolute atomic E-state index is 0.627. The summed E-state index contributed by atoms with van der Waals surface area (Å²) in [5.41, 5.74) is 4.59. The summed E-state index contributed by atoms with van der Waals surface area (Å²) in [6.45, 7) is 0. The average molecular weight is 550 g/mol. The fourth-order valence-corrected chi connectivity index (χ4v) is 6.15. The number of rotatable bonds is 3. The molecule has 0 saturated heterocycles. The van der Waals surface area contributed by atoms with E-state index in [1.807, 2.05) is 18.2 Å². The van der Waals surface area contributed by atoms with Crippen molar-refractivity contribution in [2.45, 2.75) is 0 Å². The highest BCUT2D eigenvalue weighted by Crippen LogP contribution is 2.38. The van der Waals surface area contributed by atoms with Gasteiger partial charge >= 0.3 is 0 Å². The number of aromatic nitrogens is 3. The average Bonchev–Trinajstić information content (AvgIpc) is 3.47. The van der Waals surface area contributed by atoms with Crippen molar-refractivity contribution >= 4 is 54.3 Å². The third-order valence-electron chi connectivity index (χ3n) is 8.29. The van der Waals surface area contributed by atoms with E-state index in [1.165, 1.54) is 10.8 Å². The Hall–Kier alpha value is -5.87. The van der Waals surface area contributed by atoms with Crippen LogP contribution in [0.25, 0.3) is 88.4 Å².